The third kappa shape index (κ3) is 9.69. The number of aliphatic imine (C=N–C) groups is 1. The fourth-order valence-corrected chi connectivity index (χ4v) is 2.22. The van der Waals surface area contributed by atoms with Crippen LogP contribution in [0, 0.1) is 0 Å². The zero-order valence-corrected chi connectivity index (χ0v) is 15.5. The molecule has 0 unspecified atom stereocenters. The van der Waals surface area contributed by atoms with E-state index in [0.717, 1.165) is 38.6 Å². The van der Waals surface area contributed by atoms with Crippen LogP contribution in [0.4, 0.5) is 0 Å². The first kappa shape index (κ1) is 20.9. The highest BCUT2D eigenvalue weighted by Gasteiger charge is 2.04. The van der Waals surface area contributed by atoms with Crippen molar-refractivity contribution >= 4 is 11.9 Å². The second-order valence-electron chi connectivity index (χ2n) is 5.70. The maximum absolute atomic E-state index is 11.9. The number of carbonyl (C=O) groups is 1. The highest BCUT2D eigenvalue weighted by atomic mass is 16.5. The summed E-state index contributed by atoms with van der Waals surface area (Å²) in [6, 6.07) is 9.19. The number of carbonyl (C=O) groups excluding carboxylic acids is 1. The first-order valence-electron chi connectivity index (χ1n) is 8.62. The van der Waals surface area contributed by atoms with Crippen LogP contribution >= 0.6 is 0 Å². The zero-order chi connectivity index (χ0) is 18.3. The molecule has 1 aromatic carbocycles. The van der Waals surface area contributed by atoms with E-state index in [1.54, 1.807) is 26.3 Å². The number of ether oxygens (including phenoxy) is 1. The summed E-state index contributed by atoms with van der Waals surface area (Å²) >= 11 is 0. The van der Waals surface area contributed by atoms with Crippen molar-refractivity contribution in [2.24, 2.45) is 4.99 Å². The maximum Gasteiger partial charge on any atom is 0.251 e. The number of guanidine groups is 1. The van der Waals surface area contributed by atoms with Gasteiger partial charge in [-0.3, -0.25) is 9.79 Å². The molecule has 0 aliphatic heterocycles. The van der Waals surface area contributed by atoms with Crippen LogP contribution in [-0.2, 0) is 4.74 Å². The van der Waals surface area contributed by atoms with Gasteiger partial charge < -0.3 is 25.6 Å². The van der Waals surface area contributed by atoms with E-state index in [-0.39, 0.29) is 5.91 Å². The summed E-state index contributed by atoms with van der Waals surface area (Å²) in [7, 11) is 5.55. The Hall–Kier alpha value is -2.12. The van der Waals surface area contributed by atoms with Gasteiger partial charge in [0, 0.05) is 59.1 Å². The Bertz CT molecular complexity index is 507. The molecule has 1 aromatic rings. The molecular weight excluding hydrogens is 318 g/mol. The number of nitrogens with one attached hydrogen (secondary N) is 3. The van der Waals surface area contributed by atoms with Crippen LogP contribution in [-0.4, -0.2) is 77.3 Å². The van der Waals surface area contributed by atoms with Gasteiger partial charge in [-0.25, -0.2) is 0 Å². The van der Waals surface area contributed by atoms with Gasteiger partial charge in [-0.15, -0.1) is 0 Å². The van der Waals surface area contributed by atoms with Gasteiger partial charge in [0.25, 0.3) is 5.91 Å². The Balaban J connectivity index is 2.13. The molecule has 7 heteroatoms. The minimum absolute atomic E-state index is 0.0666. The summed E-state index contributed by atoms with van der Waals surface area (Å²) in [4.78, 5) is 18.3. The molecule has 3 N–H and O–H groups in total. The number of nitrogens with zero attached hydrogens (tertiary/aromatic N) is 2. The first-order valence-corrected chi connectivity index (χ1v) is 8.62. The summed E-state index contributed by atoms with van der Waals surface area (Å²) in [5.41, 5.74) is 0.668. The van der Waals surface area contributed by atoms with Crippen molar-refractivity contribution in [3.05, 3.63) is 35.9 Å². The second-order valence-corrected chi connectivity index (χ2v) is 5.70. The van der Waals surface area contributed by atoms with Crippen molar-refractivity contribution in [3.8, 4) is 0 Å². The van der Waals surface area contributed by atoms with Crippen molar-refractivity contribution in [1.29, 1.82) is 0 Å². The number of methoxy groups -OCH3 is 1. The molecule has 7 nitrogen and oxygen atoms in total. The van der Waals surface area contributed by atoms with Crippen molar-refractivity contribution in [1.82, 2.24) is 20.9 Å². The zero-order valence-electron chi connectivity index (χ0n) is 15.5. The van der Waals surface area contributed by atoms with E-state index in [0.29, 0.717) is 18.7 Å². The van der Waals surface area contributed by atoms with Crippen LogP contribution in [0.3, 0.4) is 0 Å². The van der Waals surface area contributed by atoms with E-state index in [2.05, 4.69) is 32.9 Å². The lowest BCUT2D eigenvalue weighted by atomic mass is 10.2. The van der Waals surface area contributed by atoms with Crippen LogP contribution in [0.1, 0.15) is 16.8 Å². The average molecular weight is 349 g/mol. The third-order valence-electron chi connectivity index (χ3n) is 3.64. The molecule has 0 aliphatic carbocycles. The molecule has 140 valence electrons. The number of amides is 1. The normalized spacial score (nSPS) is 11.4. The van der Waals surface area contributed by atoms with Gasteiger partial charge in [0.2, 0.25) is 0 Å². The fourth-order valence-electron chi connectivity index (χ4n) is 2.22. The van der Waals surface area contributed by atoms with Crippen LogP contribution in [0.2, 0.25) is 0 Å². The van der Waals surface area contributed by atoms with Gasteiger partial charge in [0.1, 0.15) is 0 Å². The van der Waals surface area contributed by atoms with Crippen LogP contribution in [0.5, 0.6) is 0 Å². The van der Waals surface area contributed by atoms with Crippen LogP contribution < -0.4 is 16.0 Å². The van der Waals surface area contributed by atoms with Crippen molar-refractivity contribution in [2.45, 2.75) is 6.42 Å². The molecule has 0 aliphatic rings. The SMILES string of the molecule is CN=C(NCCNC(=O)c1ccccc1)NCCN(C)CCCOC. The smallest absolute Gasteiger partial charge is 0.251 e. The molecule has 0 aromatic heterocycles. The molecule has 1 amide bonds. The molecular formula is C18H31N5O2. The lowest BCUT2D eigenvalue weighted by Crippen LogP contribution is -2.43. The molecule has 0 bridgehead atoms. The van der Waals surface area contributed by atoms with E-state index >= 15 is 0 Å². The lowest BCUT2D eigenvalue weighted by Gasteiger charge is -2.18. The molecule has 0 heterocycles. The Labute approximate surface area is 150 Å². The Morgan fingerprint density at radius 3 is 2.44 bits per heavy atom. The van der Waals surface area contributed by atoms with Gasteiger partial charge in [-0.1, -0.05) is 18.2 Å². The van der Waals surface area contributed by atoms with Crippen LogP contribution in [0.15, 0.2) is 35.3 Å². The summed E-state index contributed by atoms with van der Waals surface area (Å²) < 4.78 is 5.05. The Kier molecular flexibility index (Phi) is 11.0. The van der Waals surface area contributed by atoms with E-state index in [4.69, 9.17) is 4.74 Å². The molecule has 0 atom stereocenters. The van der Waals surface area contributed by atoms with Crippen molar-refractivity contribution in [3.63, 3.8) is 0 Å². The number of hydrogen-bond acceptors (Lipinski definition) is 4. The van der Waals surface area contributed by atoms with Gasteiger partial charge in [-0.2, -0.15) is 0 Å². The molecule has 0 radical (unpaired) electrons. The Morgan fingerprint density at radius 2 is 1.76 bits per heavy atom. The van der Waals surface area contributed by atoms with E-state index in [9.17, 15) is 4.79 Å². The summed E-state index contributed by atoms with van der Waals surface area (Å²) in [6.07, 6.45) is 1.03. The predicted octanol–water partition coefficient (Wildman–Crippen LogP) is 0.550. The fraction of sp³-hybridized carbons (Fsp3) is 0.556. The highest BCUT2D eigenvalue weighted by molar-refractivity contribution is 5.94. The topological polar surface area (TPSA) is 78.0 Å². The quantitative estimate of drug-likeness (QED) is 0.309. The van der Waals surface area contributed by atoms with Gasteiger partial charge in [0.15, 0.2) is 5.96 Å². The minimum atomic E-state index is -0.0666. The highest BCUT2D eigenvalue weighted by Crippen LogP contribution is 1.96. The molecule has 1 rings (SSSR count). The lowest BCUT2D eigenvalue weighted by molar-refractivity contribution is 0.0954. The van der Waals surface area contributed by atoms with Crippen molar-refractivity contribution < 1.29 is 9.53 Å². The van der Waals surface area contributed by atoms with Gasteiger partial charge in [0.05, 0.1) is 0 Å². The summed E-state index contributed by atoms with van der Waals surface area (Å²) in [5, 5.41) is 9.33. The van der Waals surface area contributed by atoms with E-state index < -0.39 is 0 Å². The standard InChI is InChI=1S/C18H31N5O2/c1-19-18(22-12-14-23(2)13-7-15-25-3)21-11-10-20-17(24)16-8-5-4-6-9-16/h4-6,8-9H,7,10-15H2,1-3H3,(H,20,24)(H2,19,21,22). The number of likely N-dealkylation sites (N-methyl/N-ethyl adjacent to an activating group) is 1. The molecule has 0 spiro atoms. The van der Waals surface area contributed by atoms with E-state index in [1.165, 1.54) is 0 Å². The van der Waals surface area contributed by atoms with E-state index in [1.807, 2.05) is 18.2 Å². The number of hydrogen-bond donors (Lipinski definition) is 3. The predicted molar refractivity (Wildman–Crippen MR) is 102 cm³/mol. The first-order chi connectivity index (χ1) is 12.2. The number of rotatable bonds is 11. The van der Waals surface area contributed by atoms with Gasteiger partial charge >= 0.3 is 0 Å². The summed E-state index contributed by atoms with van der Waals surface area (Å²) in [6.45, 7) is 4.67. The largest absolute Gasteiger partial charge is 0.385 e. The third-order valence-corrected chi connectivity index (χ3v) is 3.64. The van der Waals surface area contributed by atoms with Crippen LogP contribution in [0.25, 0.3) is 0 Å². The average Bonchev–Trinajstić information content (AvgIpc) is 2.64. The molecule has 0 fully saturated rings. The minimum Gasteiger partial charge on any atom is -0.385 e. The molecule has 25 heavy (non-hydrogen) atoms. The maximum atomic E-state index is 11.9. The Morgan fingerprint density at radius 1 is 1.08 bits per heavy atom. The second kappa shape index (κ2) is 13.2. The number of benzene rings is 1. The monoisotopic (exact) mass is 349 g/mol. The summed E-state index contributed by atoms with van der Waals surface area (Å²) in [5.74, 6) is 0.669. The molecule has 0 saturated carbocycles. The van der Waals surface area contributed by atoms with Gasteiger partial charge in [-0.05, 0) is 25.6 Å². The molecule has 0 saturated heterocycles. The van der Waals surface area contributed by atoms with Crippen molar-refractivity contribution in [2.75, 3.05) is 60.5 Å².